The molecule has 1 atom stereocenters. The fraction of sp³-hybridized carbons (Fsp3) is 0.583. The molecule has 1 aromatic rings. The van der Waals surface area contributed by atoms with Crippen LogP contribution in [0.4, 0.5) is 0 Å². The van der Waals surface area contributed by atoms with Gasteiger partial charge in [-0.3, -0.25) is 4.79 Å². The lowest BCUT2D eigenvalue weighted by atomic mass is 9.90. The highest BCUT2D eigenvalue weighted by molar-refractivity contribution is 7.13. The maximum atomic E-state index is 12.3. The van der Waals surface area contributed by atoms with Crippen molar-refractivity contribution >= 4 is 41.3 Å². The van der Waals surface area contributed by atoms with Gasteiger partial charge in [-0.25, -0.2) is 0 Å². The van der Waals surface area contributed by atoms with Crippen molar-refractivity contribution < 1.29 is 4.79 Å². The normalized spacial score (nSPS) is 23.0. The summed E-state index contributed by atoms with van der Waals surface area (Å²) < 4.78 is 0. The fourth-order valence-corrected chi connectivity index (χ4v) is 3.32. The third-order valence-electron chi connectivity index (χ3n) is 3.43. The third kappa shape index (κ3) is 2.82. The first-order chi connectivity index (χ1) is 7.97. The number of nitrogens with zero attached hydrogens (tertiary/aromatic N) is 1. The van der Waals surface area contributed by atoms with Crippen LogP contribution in [0.3, 0.4) is 0 Å². The van der Waals surface area contributed by atoms with E-state index in [0.29, 0.717) is 16.4 Å². The predicted molar refractivity (Wildman–Crippen MR) is 79.0 cm³/mol. The summed E-state index contributed by atoms with van der Waals surface area (Å²) >= 11 is 7.55. The molecule has 3 nitrogen and oxygen atoms in total. The lowest BCUT2D eigenvalue weighted by molar-refractivity contribution is 0.0782. The lowest BCUT2D eigenvalue weighted by Crippen LogP contribution is -2.34. The van der Waals surface area contributed by atoms with Gasteiger partial charge >= 0.3 is 0 Å². The number of carbonyl (C=O) groups is 1. The summed E-state index contributed by atoms with van der Waals surface area (Å²) in [6.45, 7) is 6.18. The quantitative estimate of drug-likeness (QED) is 0.913. The molecule has 1 unspecified atom stereocenters. The Morgan fingerprint density at radius 2 is 2.33 bits per heavy atom. The number of nitrogens with two attached hydrogens (primary N) is 1. The molecule has 1 aliphatic rings. The van der Waals surface area contributed by atoms with E-state index >= 15 is 0 Å². The van der Waals surface area contributed by atoms with Crippen LogP contribution in [-0.4, -0.2) is 30.4 Å². The summed E-state index contributed by atoms with van der Waals surface area (Å²) in [5.41, 5.74) is 6.78. The van der Waals surface area contributed by atoms with Crippen molar-refractivity contribution in [2.75, 3.05) is 19.6 Å². The minimum absolute atomic E-state index is 0. The zero-order valence-electron chi connectivity index (χ0n) is 10.5. The van der Waals surface area contributed by atoms with Crippen molar-refractivity contribution in [3.8, 4) is 0 Å². The summed E-state index contributed by atoms with van der Waals surface area (Å²) in [6.07, 6.45) is 0.969. The van der Waals surface area contributed by atoms with Crippen LogP contribution in [0.25, 0.3) is 0 Å². The molecule has 0 aliphatic carbocycles. The Bertz CT molecular complexity index is 449. The van der Waals surface area contributed by atoms with Crippen LogP contribution in [0, 0.1) is 12.3 Å². The van der Waals surface area contributed by atoms with Crippen molar-refractivity contribution in [1.29, 1.82) is 0 Å². The van der Waals surface area contributed by atoms with E-state index in [-0.39, 0.29) is 23.7 Å². The van der Waals surface area contributed by atoms with Gasteiger partial charge < -0.3 is 10.6 Å². The second-order valence-corrected chi connectivity index (χ2v) is 6.31. The summed E-state index contributed by atoms with van der Waals surface area (Å²) in [5, 5.41) is 2.52. The largest absolute Gasteiger partial charge is 0.337 e. The molecule has 18 heavy (non-hydrogen) atoms. The lowest BCUT2D eigenvalue weighted by Gasteiger charge is -2.22. The van der Waals surface area contributed by atoms with Crippen LogP contribution in [0.1, 0.15) is 28.6 Å². The maximum Gasteiger partial charge on any atom is 0.265 e. The van der Waals surface area contributed by atoms with Crippen molar-refractivity contribution in [2.24, 2.45) is 11.1 Å². The topological polar surface area (TPSA) is 46.3 Å². The average molecular weight is 309 g/mol. The number of aryl methyl sites for hydroxylation is 1. The Balaban J connectivity index is 0.00000162. The van der Waals surface area contributed by atoms with E-state index in [9.17, 15) is 4.79 Å². The van der Waals surface area contributed by atoms with E-state index in [4.69, 9.17) is 17.3 Å². The number of rotatable bonds is 2. The van der Waals surface area contributed by atoms with E-state index in [2.05, 4.69) is 6.92 Å². The average Bonchev–Trinajstić information content (AvgIpc) is 2.85. The van der Waals surface area contributed by atoms with Crippen molar-refractivity contribution in [3.63, 3.8) is 0 Å². The van der Waals surface area contributed by atoms with E-state index in [1.807, 2.05) is 17.2 Å². The second-order valence-electron chi connectivity index (χ2n) is 5.05. The molecule has 1 aromatic heterocycles. The Kier molecular flexibility index (Phi) is 5.06. The van der Waals surface area contributed by atoms with Gasteiger partial charge in [-0.2, -0.15) is 0 Å². The molecule has 102 valence electrons. The molecular weight excluding hydrogens is 291 g/mol. The SMILES string of the molecule is Cc1csc(C(=O)N2CCC(C)(CN)C2)c1Cl.Cl. The van der Waals surface area contributed by atoms with Crippen LogP contribution in [-0.2, 0) is 0 Å². The van der Waals surface area contributed by atoms with Gasteiger partial charge in [0.15, 0.2) is 0 Å². The number of likely N-dealkylation sites (tertiary alicyclic amines) is 1. The molecule has 2 N–H and O–H groups in total. The molecule has 1 fully saturated rings. The molecule has 1 saturated heterocycles. The highest BCUT2D eigenvalue weighted by Gasteiger charge is 2.36. The molecule has 0 saturated carbocycles. The smallest absolute Gasteiger partial charge is 0.265 e. The zero-order chi connectivity index (χ0) is 12.6. The standard InChI is InChI=1S/C12H17ClN2OS.ClH/c1-8-5-17-10(9(8)13)11(16)15-4-3-12(2,6-14)7-15;/h5H,3-4,6-7,14H2,1-2H3;1H. The molecule has 0 radical (unpaired) electrons. The van der Waals surface area contributed by atoms with Crippen molar-refractivity contribution in [2.45, 2.75) is 20.3 Å². The van der Waals surface area contributed by atoms with Gasteiger partial charge in [0, 0.05) is 13.1 Å². The highest BCUT2D eigenvalue weighted by Crippen LogP contribution is 2.33. The summed E-state index contributed by atoms with van der Waals surface area (Å²) in [5.74, 6) is 0.0466. The van der Waals surface area contributed by atoms with E-state index < -0.39 is 0 Å². The number of thiophene rings is 1. The molecule has 2 heterocycles. The molecule has 1 amide bonds. The Morgan fingerprint density at radius 1 is 1.67 bits per heavy atom. The van der Waals surface area contributed by atoms with Crippen LogP contribution in [0.15, 0.2) is 5.38 Å². The first-order valence-corrected chi connectivity index (χ1v) is 6.95. The van der Waals surface area contributed by atoms with Gasteiger partial charge in [0.1, 0.15) is 4.88 Å². The second kappa shape index (κ2) is 5.78. The van der Waals surface area contributed by atoms with E-state index in [1.54, 1.807) is 0 Å². The summed E-state index contributed by atoms with van der Waals surface area (Å²) in [4.78, 5) is 14.8. The molecule has 0 spiro atoms. The fourth-order valence-electron chi connectivity index (χ4n) is 2.08. The molecule has 1 aliphatic heterocycles. The van der Waals surface area contributed by atoms with Crippen molar-refractivity contribution in [3.05, 3.63) is 20.8 Å². The Hall–Kier alpha value is -0.290. The predicted octanol–water partition coefficient (Wildman–Crippen LogP) is 2.94. The summed E-state index contributed by atoms with van der Waals surface area (Å²) in [6, 6.07) is 0. The monoisotopic (exact) mass is 308 g/mol. The number of hydrogen-bond acceptors (Lipinski definition) is 3. The number of halogens is 2. The van der Waals surface area contributed by atoms with Crippen LogP contribution in [0.5, 0.6) is 0 Å². The van der Waals surface area contributed by atoms with E-state index in [0.717, 1.165) is 25.1 Å². The van der Waals surface area contributed by atoms with Crippen LogP contribution in [0.2, 0.25) is 5.02 Å². The van der Waals surface area contributed by atoms with Gasteiger partial charge in [0.2, 0.25) is 0 Å². The van der Waals surface area contributed by atoms with E-state index in [1.165, 1.54) is 11.3 Å². The first kappa shape index (κ1) is 15.8. The minimum atomic E-state index is 0. The molecule has 0 bridgehead atoms. The van der Waals surface area contributed by atoms with Gasteiger partial charge in [-0.1, -0.05) is 18.5 Å². The Morgan fingerprint density at radius 3 is 2.78 bits per heavy atom. The van der Waals surface area contributed by atoms with Gasteiger partial charge in [0.25, 0.3) is 5.91 Å². The maximum absolute atomic E-state index is 12.3. The van der Waals surface area contributed by atoms with Gasteiger partial charge in [-0.15, -0.1) is 23.7 Å². The third-order valence-corrected chi connectivity index (χ3v) is 5.12. The molecule has 6 heteroatoms. The van der Waals surface area contributed by atoms with Crippen LogP contribution < -0.4 is 5.73 Å². The van der Waals surface area contributed by atoms with Crippen molar-refractivity contribution in [1.82, 2.24) is 4.90 Å². The molecule has 2 rings (SSSR count). The zero-order valence-corrected chi connectivity index (χ0v) is 12.9. The highest BCUT2D eigenvalue weighted by atomic mass is 35.5. The summed E-state index contributed by atoms with van der Waals surface area (Å²) in [7, 11) is 0. The van der Waals surface area contributed by atoms with Crippen LogP contribution >= 0.6 is 35.3 Å². The minimum Gasteiger partial charge on any atom is -0.337 e. The molecule has 0 aromatic carbocycles. The molecular formula is C12H18Cl2N2OS. The van der Waals surface area contributed by atoms with Gasteiger partial charge in [-0.05, 0) is 36.2 Å². The first-order valence-electron chi connectivity index (χ1n) is 5.70. The van der Waals surface area contributed by atoms with Gasteiger partial charge in [0.05, 0.1) is 5.02 Å². The number of hydrogen-bond donors (Lipinski definition) is 1. The number of carbonyl (C=O) groups excluding carboxylic acids is 1. The number of amides is 1. The Labute approximate surface area is 123 Å².